The van der Waals surface area contributed by atoms with Crippen LogP contribution in [-0.2, 0) is 16.0 Å². The maximum atomic E-state index is 13.1. The third-order valence-electron chi connectivity index (χ3n) is 6.18. The summed E-state index contributed by atoms with van der Waals surface area (Å²) in [7, 11) is 5.45. The summed E-state index contributed by atoms with van der Waals surface area (Å²) in [4.78, 5) is 38.2. The molecule has 4 aromatic rings. The summed E-state index contributed by atoms with van der Waals surface area (Å²) in [5, 5.41) is 6.74. The van der Waals surface area contributed by atoms with Crippen molar-refractivity contribution in [3.8, 4) is 22.5 Å². The van der Waals surface area contributed by atoms with Crippen LogP contribution in [0.5, 0.6) is 0 Å². The van der Waals surface area contributed by atoms with Crippen molar-refractivity contribution in [1.82, 2.24) is 10.6 Å². The molecule has 2 N–H and O–H groups in total. The lowest BCUT2D eigenvalue weighted by molar-refractivity contribution is -0.139. The molecule has 1 unspecified atom stereocenters. The number of hydrogen-bond acceptors (Lipinski definition) is 5. The normalized spacial score (nSPS) is 10.8. The topological polar surface area (TPSA) is 97.6 Å². The third-order valence-corrected chi connectivity index (χ3v) is 6.68. The first-order valence-corrected chi connectivity index (χ1v) is 12.5. The molecule has 0 bridgehead atoms. The zero-order valence-corrected chi connectivity index (χ0v) is 22.9. The number of carbonyl (C=O) groups excluding carboxylic acids is 3. The Kier molecular flexibility index (Phi) is 7.79. The smallest absolute Gasteiger partial charge is 0.310 e. The molecule has 8 heteroatoms. The maximum absolute atomic E-state index is 13.1. The van der Waals surface area contributed by atoms with Gasteiger partial charge in [0.25, 0.3) is 11.8 Å². The first-order valence-electron chi connectivity index (χ1n) is 11.9. The van der Waals surface area contributed by atoms with Crippen molar-refractivity contribution in [2.45, 2.75) is 20.3 Å². The fraction of sp³-hybridized carbons (Fsp3) is 0.167. The number of ether oxygens (including phenoxy) is 1. The summed E-state index contributed by atoms with van der Waals surface area (Å²) < 4.78 is 11.2. The fourth-order valence-electron chi connectivity index (χ4n) is 4.27. The van der Waals surface area contributed by atoms with Crippen molar-refractivity contribution in [1.29, 1.82) is 0 Å². The molecule has 38 heavy (non-hydrogen) atoms. The van der Waals surface area contributed by atoms with Crippen LogP contribution in [0.1, 0.15) is 38.8 Å². The molecule has 0 saturated heterocycles. The summed E-state index contributed by atoms with van der Waals surface area (Å²) >= 11 is 0. The first-order chi connectivity index (χ1) is 18.1. The highest BCUT2D eigenvalue weighted by Crippen LogP contribution is 2.38. The molecule has 0 fully saturated rings. The van der Waals surface area contributed by atoms with E-state index in [0.717, 1.165) is 11.1 Å². The van der Waals surface area contributed by atoms with E-state index in [0.29, 0.717) is 55.5 Å². The van der Waals surface area contributed by atoms with Gasteiger partial charge in [0.2, 0.25) is 0 Å². The van der Waals surface area contributed by atoms with E-state index >= 15 is 0 Å². The Morgan fingerprint density at radius 3 is 2.32 bits per heavy atom. The van der Waals surface area contributed by atoms with E-state index in [-0.39, 0.29) is 18.2 Å². The lowest BCUT2D eigenvalue weighted by atomic mass is 9.93. The van der Waals surface area contributed by atoms with E-state index in [9.17, 15) is 14.4 Å². The lowest BCUT2D eigenvalue weighted by Gasteiger charge is -2.13. The van der Waals surface area contributed by atoms with Crippen molar-refractivity contribution in [3.05, 3.63) is 89.1 Å². The summed E-state index contributed by atoms with van der Waals surface area (Å²) in [6, 6.07) is 16.7. The van der Waals surface area contributed by atoms with Gasteiger partial charge in [-0.25, -0.2) is 0 Å². The van der Waals surface area contributed by atoms with E-state index in [2.05, 4.69) is 26.5 Å². The molecule has 1 atom stereocenters. The minimum atomic E-state index is -0.426. The Balaban J connectivity index is 1.99. The van der Waals surface area contributed by atoms with Crippen LogP contribution in [0.4, 0.5) is 0 Å². The molecule has 1 aromatic heterocycles. The highest BCUT2D eigenvalue weighted by Gasteiger charge is 2.24. The van der Waals surface area contributed by atoms with Gasteiger partial charge in [-0.3, -0.25) is 14.4 Å². The molecule has 0 aliphatic heterocycles. The highest BCUT2D eigenvalue weighted by atomic mass is 31.0. The van der Waals surface area contributed by atoms with E-state index in [1.807, 2.05) is 49.4 Å². The molecule has 4 rings (SSSR count). The first kappa shape index (κ1) is 26.8. The summed E-state index contributed by atoms with van der Waals surface area (Å²) in [6.45, 7) is 7.44. The Morgan fingerprint density at radius 1 is 1.00 bits per heavy atom. The van der Waals surface area contributed by atoms with Gasteiger partial charge in [-0.2, -0.15) is 0 Å². The van der Waals surface area contributed by atoms with Gasteiger partial charge in [0.15, 0.2) is 0 Å². The van der Waals surface area contributed by atoms with E-state index in [4.69, 9.17) is 9.15 Å². The third kappa shape index (κ3) is 5.38. The van der Waals surface area contributed by atoms with Crippen molar-refractivity contribution in [2.24, 2.45) is 0 Å². The predicted octanol–water partition coefficient (Wildman–Crippen LogP) is 4.91. The lowest BCUT2D eigenvalue weighted by Crippen LogP contribution is -2.24. The van der Waals surface area contributed by atoms with Gasteiger partial charge in [0.05, 0.1) is 19.1 Å². The van der Waals surface area contributed by atoms with Crippen molar-refractivity contribution in [3.63, 3.8) is 0 Å². The molecule has 2 amide bonds. The largest absolute Gasteiger partial charge is 0.469 e. The van der Waals surface area contributed by atoms with Gasteiger partial charge >= 0.3 is 5.97 Å². The Hall–Kier alpha value is -4.22. The second kappa shape index (κ2) is 11.0. The molecular weight excluding hydrogens is 499 g/mol. The molecular formula is C30H29N2O5P. The highest BCUT2D eigenvalue weighted by molar-refractivity contribution is 7.27. The SMILES string of the molecule is C=C(C)NC(=O)c1cc(-c2cc3c(C(=O)NC)c(-c4ccc(C)cc4)oc3cc2CC(=O)OC)ccc1P. The second-order valence-electron chi connectivity index (χ2n) is 9.05. The second-order valence-corrected chi connectivity index (χ2v) is 9.67. The molecule has 0 saturated carbocycles. The summed E-state index contributed by atoms with van der Waals surface area (Å²) in [6.07, 6.45) is -0.0203. The van der Waals surface area contributed by atoms with Gasteiger partial charge in [0.1, 0.15) is 11.3 Å². The Bertz CT molecular complexity index is 1580. The van der Waals surface area contributed by atoms with Crippen molar-refractivity contribution >= 4 is 43.3 Å². The van der Waals surface area contributed by atoms with Crippen molar-refractivity contribution in [2.75, 3.05) is 14.2 Å². The van der Waals surface area contributed by atoms with Gasteiger partial charge in [0, 0.05) is 29.3 Å². The number of amides is 2. The molecule has 194 valence electrons. The number of rotatable bonds is 7. The fourth-order valence-corrected chi connectivity index (χ4v) is 4.58. The number of benzene rings is 3. The van der Waals surface area contributed by atoms with E-state index in [1.165, 1.54) is 7.11 Å². The number of allylic oxidation sites excluding steroid dienone is 1. The quantitative estimate of drug-likeness (QED) is 0.262. The zero-order valence-electron chi connectivity index (χ0n) is 21.7. The molecule has 1 heterocycles. The average molecular weight is 529 g/mol. The minimum Gasteiger partial charge on any atom is -0.469 e. The van der Waals surface area contributed by atoms with Crippen LogP contribution in [-0.4, -0.2) is 31.9 Å². The number of carbonyl (C=O) groups is 3. The van der Waals surface area contributed by atoms with Crippen molar-refractivity contribution < 1.29 is 23.5 Å². The maximum Gasteiger partial charge on any atom is 0.310 e. The average Bonchev–Trinajstić information content (AvgIpc) is 3.26. The monoisotopic (exact) mass is 528 g/mol. The summed E-state index contributed by atoms with van der Waals surface area (Å²) in [5.41, 5.74) is 5.67. The molecule has 3 aromatic carbocycles. The predicted molar refractivity (Wildman–Crippen MR) is 153 cm³/mol. The standard InChI is InChI=1S/C30H29N2O5P/c1-16(2)32-29(34)23-12-19(10-11-25(23)38)21-15-22-24(13-20(21)14-26(33)36-5)37-28(27(22)30(35)31-4)18-8-6-17(3)7-9-18/h6-13,15H,1,14,38H2,2-5H3,(H,31,35)(H,32,34). The Labute approximate surface area is 223 Å². The van der Waals surface area contributed by atoms with Crippen LogP contribution in [0, 0.1) is 6.92 Å². The number of esters is 1. The van der Waals surface area contributed by atoms with Gasteiger partial charge in [-0.15, -0.1) is 9.24 Å². The minimum absolute atomic E-state index is 0.0203. The van der Waals surface area contributed by atoms with Gasteiger partial charge < -0.3 is 19.8 Å². The van der Waals surface area contributed by atoms with Crippen LogP contribution in [0.2, 0.25) is 0 Å². The van der Waals surface area contributed by atoms with Crippen LogP contribution < -0.4 is 15.9 Å². The van der Waals surface area contributed by atoms with Crippen LogP contribution in [0.3, 0.4) is 0 Å². The molecule has 0 radical (unpaired) electrons. The van der Waals surface area contributed by atoms with E-state index < -0.39 is 5.97 Å². The van der Waals surface area contributed by atoms with Crippen LogP contribution >= 0.6 is 9.24 Å². The number of hydrogen-bond donors (Lipinski definition) is 2. The van der Waals surface area contributed by atoms with Gasteiger partial charge in [-0.05, 0) is 54.0 Å². The molecule has 0 aliphatic rings. The number of aryl methyl sites for hydroxylation is 1. The number of nitrogens with one attached hydrogen (secondary N) is 2. The molecule has 7 nitrogen and oxygen atoms in total. The molecule has 0 aliphatic carbocycles. The number of fused-ring (bicyclic) bond motifs is 1. The van der Waals surface area contributed by atoms with Crippen LogP contribution in [0.25, 0.3) is 33.4 Å². The molecule has 0 spiro atoms. The number of methoxy groups -OCH3 is 1. The van der Waals surface area contributed by atoms with Gasteiger partial charge in [-0.1, -0.05) is 48.5 Å². The summed E-state index contributed by atoms with van der Waals surface area (Å²) in [5.74, 6) is -0.587. The zero-order chi connectivity index (χ0) is 27.6. The Morgan fingerprint density at radius 2 is 1.68 bits per heavy atom. The van der Waals surface area contributed by atoms with E-state index in [1.54, 1.807) is 26.1 Å². The van der Waals surface area contributed by atoms with Crippen LogP contribution in [0.15, 0.2) is 71.3 Å². The number of furan rings is 1.